The highest BCUT2D eigenvalue weighted by Crippen LogP contribution is 2.26. The maximum atomic E-state index is 5.31. The fourth-order valence-corrected chi connectivity index (χ4v) is 4.22. The van der Waals surface area contributed by atoms with Crippen LogP contribution >= 0.6 is 35.3 Å². The second-order valence-electron chi connectivity index (χ2n) is 6.74. The number of benzene rings is 1. The lowest BCUT2D eigenvalue weighted by Crippen LogP contribution is -2.43. The number of aliphatic imine (C=N–C) groups is 1. The highest BCUT2D eigenvalue weighted by Gasteiger charge is 2.23. The predicted octanol–water partition coefficient (Wildman–Crippen LogP) is 3.92. The summed E-state index contributed by atoms with van der Waals surface area (Å²) in [6, 6.07) is 13.1. The quantitative estimate of drug-likeness (QED) is 0.319. The van der Waals surface area contributed by atoms with Crippen LogP contribution in [0.3, 0.4) is 0 Å². The van der Waals surface area contributed by atoms with Crippen LogP contribution in [-0.4, -0.2) is 51.2 Å². The van der Waals surface area contributed by atoms with Crippen LogP contribution in [0.15, 0.2) is 46.8 Å². The van der Waals surface area contributed by atoms with Crippen molar-refractivity contribution < 1.29 is 4.74 Å². The average molecular weight is 514 g/mol. The smallest absolute Gasteiger partial charge is 0.191 e. The Balaban J connectivity index is 0.00000280. The summed E-state index contributed by atoms with van der Waals surface area (Å²) in [5.74, 6) is 1.77. The molecule has 1 aromatic carbocycles. The molecule has 7 heteroatoms. The summed E-state index contributed by atoms with van der Waals surface area (Å²) >= 11 is 1.80. The lowest BCUT2D eigenvalue weighted by atomic mass is 10.1. The summed E-state index contributed by atoms with van der Waals surface area (Å²) in [6.45, 7) is 4.04. The van der Waals surface area contributed by atoms with E-state index in [1.54, 1.807) is 18.4 Å². The topological polar surface area (TPSA) is 48.9 Å². The molecule has 28 heavy (non-hydrogen) atoms. The van der Waals surface area contributed by atoms with Gasteiger partial charge >= 0.3 is 0 Å². The molecular weight excluding hydrogens is 483 g/mol. The molecule has 154 valence electrons. The fourth-order valence-electron chi connectivity index (χ4n) is 3.51. The molecule has 2 heterocycles. The van der Waals surface area contributed by atoms with Crippen molar-refractivity contribution >= 4 is 41.3 Å². The van der Waals surface area contributed by atoms with E-state index in [1.165, 1.54) is 23.3 Å². The molecule has 0 spiro atoms. The Kier molecular flexibility index (Phi) is 10.1. The minimum Gasteiger partial charge on any atom is -0.497 e. The number of thiophene rings is 1. The van der Waals surface area contributed by atoms with Gasteiger partial charge in [-0.15, -0.1) is 35.3 Å². The maximum absolute atomic E-state index is 5.31. The standard InChI is InChI=1S/C21H30N4OS.HI/c1-22-21(23-12-11-19-6-5-15-27-19)24-16-20(25-13-3-4-14-25)17-7-9-18(26-2)10-8-17;/h5-10,15,20H,3-4,11-14,16H2,1-2H3,(H2,22,23,24);1H. The van der Waals surface area contributed by atoms with Crippen LogP contribution in [0.5, 0.6) is 5.75 Å². The van der Waals surface area contributed by atoms with Crippen LogP contribution in [0, 0.1) is 0 Å². The van der Waals surface area contributed by atoms with Gasteiger partial charge in [0, 0.05) is 25.0 Å². The lowest BCUT2D eigenvalue weighted by molar-refractivity contribution is 0.245. The fraction of sp³-hybridized carbons (Fsp3) is 0.476. The van der Waals surface area contributed by atoms with Gasteiger partial charge in [-0.2, -0.15) is 0 Å². The third kappa shape index (κ3) is 6.63. The van der Waals surface area contributed by atoms with Gasteiger partial charge in [-0.05, 0) is 61.5 Å². The van der Waals surface area contributed by atoms with E-state index in [0.717, 1.165) is 44.3 Å². The SMILES string of the molecule is CN=C(NCCc1cccs1)NCC(c1ccc(OC)cc1)N1CCCC1.I. The zero-order valence-electron chi connectivity index (χ0n) is 16.7. The number of hydrogen-bond donors (Lipinski definition) is 2. The summed E-state index contributed by atoms with van der Waals surface area (Å²) in [7, 11) is 3.54. The molecule has 3 rings (SSSR count). The first kappa shape index (κ1) is 23.0. The number of rotatable bonds is 8. The van der Waals surface area contributed by atoms with Crippen molar-refractivity contribution in [2.75, 3.05) is 40.3 Å². The van der Waals surface area contributed by atoms with Crippen molar-refractivity contribution in [2.45, 2.75) is 25.3 Å². The molecule has 0 aliphatic carbocycles. The van der Waals surface area contributed by atoms with Crippen molar-refractivity contribution in [2.24, 2.45) is 4.99 Å². The first-order chi connectivity index (χ1) is 13.3. The first-order valence-corrected chi connectivity index (χ1v) is 10.5. The van der Waals surface area contributed by atoms with Gasteiger partial charge in [0.05, 0.1) is 13.2 Å². The molecule has 5 nitrogen and oxygen atoms in total. The van der Waals surface area contributed by atoms with Crippen LogP contribution < -0.4 is 15.4 Å². The second kappa shape index (κ2) is 12.3. The van der Waals surface area contributed by atoms with Gasteiger partial charge in [-0.25, -0.2) is 0 Å². The van der Waals surface area contributed by atoms with Crippen LogP contribution in [-0.2, 0) is 6.42 Å². The lowest BCUT2D eigenvalue weighted by Gasteiger charge is -2.29. The molecule has 1 atom stereocenters. The largest absolute Gasteiger partial charge is 0.497 e. The first-order valence-electron chi connectivity index (χ1n) is 9.65. The summed E-state index contributed by atoms with van der Waals surface area (Å²) in [5.41, 5.74) is 1.32. The highest BCUT2D eigenvalue weighted by atomic mass is 127. The summed E-state index contributed by atoms with van der Waals surface area (Å²) in [4.78, 5) is 8.34. The number of likely N-dealkylation sites (tertiary alicyclic amines) is 1. The zero-order valence-corrected chi connectivity index (χ0v) is 19.8. The summed E-state index contributed by atoms with van der Waals surface area (Å²) in [6.07, 6.45) is 3.58. The van der Waals surface area contributed by atoms with Gasteiger partial charge in [-0.3, -0.25) is 9.89 Å². The molecule has 0 amide bonds. The van der Waals surface area contributed by atoms with Gasteiger partial charge in [0.15, 0.2) is 5.96 Å². The minimum absolute atomic E-state index is 0. The number of halogens is 1. The molecule has 1 unspecified atom stereocenters. The Morgan fingerprint density at radius 1 is 1.18 bits per heavy atom. The van der Waals surface area contributed by atoms with Crippen LogP contribution in [0.2, 0.25) is 0 Å². The summed E-state index contributed by atoms with van der Waals surface area (Å²) < 4.78 is 5.31. The van der Waals surface area contributed by atoms with E-state index in [1.807, 2.05) is 19.2 Å². The maximum Gasteiger partial charge on any atom is 0.191 e. The predicted molar refractivity (Wildman–Crippen MR) is 129 cm³/mol. The van der Waals surface area contributed by atoms with Crippen LogP contribution in [0.25, 0.3) is 0 Å². The number of nitrogens with one attached hydrogen (secondary N) is 2. The second-order valence-corrected chi connectivity index (χ2v) is 7.77. The van der Waals surface area contributed by atoms with E-state index in [9.17, 15) is 0 Å². The van der Waals surface area contributed by atoms with Gasteiger partial charge < -0.3 is 15.4 Å². The Morgan fingerprint density at radius 3 is 2.54 bits per heavy atom. The van der Waals surface area contributed by atoms with Crippen molar-refractivity contribution in [3.8, 4) is 5.75 Å². The van der Waals surface area contributed by atoms with E-state index < -0.39 is 0 Å². The van der Waals surface area contributed by atoms with Crippen molar-refractivity contribution in [3.05, 3.63) is 52.2 Å². The minimum atomic E-state index is 0. The van der Waals surface area contributed by atoms with Gasteiger partial charge in [0.25, 0.3) is 0 Å². The van der Waals surface area contributed by atoms with E-state index in [4.69, 9.17) is 4.74 Å². The Bertz CT molecular complexity index is 700. The van der Waals surface area contributed by atoms with Crippen molar-refractivity contribution in [3.63, 3.8) is 0 Å². The molecule has 1 aliphatic rings. The van der Waals surface area contributed by atoms with Crippen molar-refractivity contribution in [1.29, 1.82) is 0 Å². The normalized spacial score (nSPS) is 15.7. The molecule has 0 bridgehead atoms. The van der Waals surface area contributed by atoms with Gasteiger partial charge in [0.2, 0.25) is 0 Å². The number of guanidine groups is 1. The molecule has 1 aromatic heterocycles. The van der Waals surface area contributed by atoms with Crippen LogP contribution in [0.4, 0.5) is 0 Å². The van der Waals surface area contributed by atoms with Crippen LogP contribution in [0.1, 0.15) is 29.3 Å². The third-order valence-corrected chi connectivity index (χ3v) is 5.95. The number of methoxy groups -OCH3 is 1. The van der Waals surface area contributed by atoms with E-state index in [2.05, 4.69) is 50.2 Å². The molecule has 1 aliphatic heterocycles. The molecule has 1 fully saturated rings. The highest BCUT2D eigenvalue weighted by molar-refractivity contribution is 14.0. The van der Waals surface area contributed by atoms with E-state index in [-0.39, 0.29) is 24.0 Å². The molecule has 0 radical (unpaired) electrons. The number of ether oxygens (including phenoxy) is 1. The average Bonchev–Trinajstić information content (AvgIpc) is 3.41. The van der Waals surface area contributed by atoms with Crippen molar-refractivity contribution in [1.82, 2.24) is 15.5 Å². The third-order valence-electron chi connectivity index (χ3n) is 5.01. The molecule has 1 saturated heterocycles. The zero-order chi connectivity index (χ0) is 18.9. The molecule has 2 aromatic rings. The molecule has 2 N–H and O–H groups in total. The Morgan fingerprint density at radius 2 is 1.93 bits per heavy atom. The number of hydrogen-bond acceptors (Lipinski definition) is 4. The molecule has 0 saturated carbocycles. The van der Waals surface area contributed by atoms with E-state index >= 15 is 0 Å². The molecular formula is C21H31IN4OS. The number of nitrogens with zero attached hydrogens (tertiary/aromatic N) is 2. The summed E-state index contributed by atoms with van der Waals surface area (Å²) in [5, 5.41) is 9.08. The van der Waals surface area contributed by atoms with Gasteiger partial charge in [-0.1, -0.05) is 18.2 Å². The van der Waals surface area contributed by atoms with Gasteiger partial charge in [0.1, 0.15) is 5.75 Å². The van der Waals surface area contributed by atoms with E-state index in [0.29, 0.717) is 6.04 Å². The monoisotopic (exact) mass is 514 g/mol. The Labute approximate surface area is 189 Å². The Hall–Kier alpha value is -1.32.